The number of carboxylic acids is 1. The van der Waals surface area contributed by atoms with Crippen molar-refractivity contribution in [2.75, 3.05) is 7.11 Å². The van der Waals surface area contributed by atoms with E-state index in [2.05, 4.69) is 20.4 Å². The predicted octanol–water partition coefficient (Wildman–Crippen LogP) is 5.73. The van der Waals surface area contributed by atoms with Crippen molar-refractivity contribution < 1.29 is 63.7 Å². The normalized spacial score (nSPS) is 14.0. The highest BCUT2D eigenvalue weighted by Gasteiger charge is 2.39. The second kappa shape index (κ2) is 14.0. The second-order valence-electron chi connectivity index (χ2n) is 8.29. The summed E-state index contributed by atoms with van der Waals surface area (Å²) in [6, 6.07) is 1.37. The first-order chi connectivity index (χ1) is 18.7. The van der Waals surface area contributed by atoms with Gasteiger partial charge in [0, 0.05) is 6.20 Å². The maximum Gasteiger partial charge on any atom is 0.490 e. The van der Waals surface area contributed by atoms with Gasteiger partial charge in [-0.3, -0.25) is 4.98 Å². The molecule has 228 valence electrons. The molecular weight excluding hydrogens is 581 g/mol. The molecule has 1 aromatic carbocycles. The molecule has 1 aromatic heterocycles. The molecule has 2 rings (SSSR count). The molecule has 17 heteroatoms. The summed E-state index contributed by atoms with van der Waals surface area (Å²) >= 11 is 0. The maximum absolute atomic E-state index is 13.6. The number of nitrogens with zero attached hydrogens (tertiary/aromatic N) is 1. The number of aromatic nitrogens is 1. The molecule has 0 radical (unpaired) electrons. The van der Waals surface area contributed by atoms with Crippen molar-refractivity contribution in [1.29, 1.82) is 0 Å². The summed E-state index contributed by atoms with van der Waals surface area (Å²) < 4.78 is 116. The van der Waals surface area contributed by atoms with E-state index in [9.17, 15) is 49.1 Å². The number of carbonyl (C=O) groups excluding carboxylic acids is 2. The Kier molecular flexibility index (Phi) is 12.0. The van der Waals surface area contributed by atoms with Gasteiger partial charge >= 0.3 is 36.5 Å². The summed E-state index contributed by atoms with van der Waals surface area (Å²) in [5.74, 6) is -3.89. The highest BCUT2D eigenvalue weighted by Crippen LogP contribution is 2.36. The summed E-state index contributed by atoms with van der Waals surface area (Å²) in [5.41, 5.74) is -2.89. The van der Waals surface area contributed by atoms with Gasteiger partial charge in [-0.2, -0.15) is 39.5 Å². The van der Waals surface area contributed by atoms with Crippen LogP contribution in [-0.4, -0.2) is 47.4 Å². The average molecular weight is 605 g/mol. The van der Waals surface area contributed by atoms with Gasteiger partial charge in [-0.1, -0.05) is 32.4 Å². The molecule has 0 fully saturated rings. The smallest absolute Gasteiger partial charge is 0.475 e. The van der Waals surface area contributed by atoms with Gasteiger partial charge in [-0.05, 0) is 35.7 Å². The lowest BCUT2D eigenvalue weighted by atomic mass is 9.97. The Labute approximate surface area is 226 Å². The summed E-state index contributed by atoms with van der Waals surface area (Å²) in [6.45, 7) is 3.42. The van der Waals surface area contributed by atoms with Gasteiger partial charge in [0.2, 0.25) is 0 Å². The minimum absolute atomic E-state index is 0.0782. The number of esters is 1. The first-order valence-corrected chi connectivity index (χ1v) is 11.4. The van der Waals surface area contributed by atoms with E-state index in [-0.39, 0.29) is 11.5 Å². The number of halogens is 9. The van der Waals surface area contributed by atoms with E-state index >= 15 is 0 Å². The number of carboxylic acid groups (broad SMARTS) is 1. The molecule has 0 aliphatic carbocycles. The molecule has 1 heterocycles. The monoisotopic (exact) mass is 605 g/mol. The molecule has 3 atom stereocenters. The molecule has 8 nitrogen and oxygen atoms in total. The van der Waals surface area contributed by atoms with Gasteiger partial charge in [0.25, 0.3) is 0 Å². The van der Waals surface area contributed by atoms with Gasteiger partial charge in [0.15, 0.2) is 0 Å². The van der Waals surface area contributed by atoms with E-state index < -0.39 is 65.4 Å². The Morgan fingerprint density at radius 3 is 1.88 bits per heavy atom. The average Bonchev–Trinajstić information content (AvgIpc) is 2.88. The van der Waals surface area contributed by atoms with Crippen molar-refractivity contribution >= 4 is 18.0 Å². The SMILES string of the molecule is CC[C@H](C)C(NC(=O)N[C@@H](c1ccc(C(F)(F)F)cc1)c1ncccc1C(F)(F)F)C(=O)OC.O=C(O)C(F)(F)F. The maximum atomic E-state index is 13.6. The molecule has 0 aliphatic heterocycles. The fraction of sp³-hybridized carbons (Fsp3) is 0.417. The van der Waals surface area contributed by atoms with Crippen LogP contribution in [0.4, 0.5) is 44.3 Å². The lowest BCUT2D eigenvalue weighted by molar-refractivity contribution is -0.192. The Balaban J connectivity index is 0.00000106. The molecule has 0 bridgehead atoms. The van der Waals surface area contributed by atoms with Crippen molar-refractivity contribution in [1.82, 2.24) is 15.6 Å². The Bertz CT molecular complexity index is 1180. The first-order valence-electron chi connectivity index (χ1n) is 11.4. The van der Waals surface area contributed by atoms with E-state index in [1.54, 1.807) is 13.8 Å². The van der Waals surface area contributed by atoms with Crippen molar-refractivity contribution in [2.24, 2.45) is 5.92 Å². The first kappa shape index (κ1) is 35.0. The highest BCUT2D eigenvalue weighted by molar-refractivity contribution is 5.84. The largest absolute Gasteiger partial charge is 0.490 e. The topological polar surface area (TPSA) is 118 Å². The molecule has 41 heavy (non-hydrogen) atoms. The van der Waals surface area contributed by atoms with E-state index in [1.807, 2.05) is 0 Å². The van der Waals surface area contributed by atoms with Crippen LogP contribution < -0.4 is 10.6 Å². The van der Waals surface area contributed by atoms with Crippen LogP contribution >= 0.6 is 0 Å². The molecule has 2 amide bonds. The van der Waals surface area contributed by atoms with Gasteiger partial charge in [0.1, 0.15) is 6.04 Å². The third kappa shape index (κ3) is 10.5. The van der Waals surface area contributed by atoms with Crippen LogP contribution in [0.25, 0.3) is 0 Å². The number of carbonyl (C=O) groups is 3. The summed E-state index contributed by atoms with van der Waals surface area (Å²) in [5, 5.41) is 11.8. The molecule has 2 aromatic rings. The van der Waals surface area contributed by atoms with Crippen molar-refractivity contribution in [2.45, 2.75) is 50.9 Å². The van der Waals surface area contributed by atoms with E-state index in [4.69, 9.17) is 9.90 Å². The van der Waals surface area contributed by atoms with E-state index in [1.165, 1.54) is 0 Å². The van der Waals surface area contributed by atoms with Crippen molar-refractivity contribution in [3.8, 4) is 0 Å². The molecule has 0 spiro atoms. The molecule has 3 N–H and O–H groups in total. The summed E-state index contributed by atoms with van der Waals surface area (Å²) in [7, 11) is 1.12. The quantitative estimate of drug-likeness (QED) is 0.274. The number of nitrogens with one attached hydrogen (secondary N) is 2. The van der Waals surface area contributed by atoms with Gasteiger partial charge in [0.05, 0.1) is 30.0 Å². The zero-order valence-electron chi connectivity index (χ0n) is 21.4. The van der Waals surface area contributed by atoms with Crippen LogP contribution in [0, 0.1) is 5.92 Å². The molecule has 1 unspecified atom stereocenters. The lowest BCUT2D eigenvalue weighted by Gasteiger charge is -2.26. The van der Waals surface area contributed by atoms with Crippen LogP contribution in [0.15, 0.2) is 42.6 Å². The zero-order valence-corrected chi connectivity index (χ0v) is 21.4. The molecular formula is C24H24F9N3O5. The number of amides is 2. The molecule has 0 saturated carbocycles. The van der Waals surface area contributed by atoms with Crippen LogP contribution in [0.5, 0.6) is 0 Å². The predicted molar refractivity (Wildman–Crippen MR) is 123 cm³/mol. The number of rotatable bonds is 7. The Hall–Kier alpha value is -4.05. The molecule has 0 saturated heterocycles. The Morgan fingerprint density at radius 1 is 0.927 bits per heavy atom. The zero-order chi connectivity index (χ0) is 31.8. The minimum atomic E-state index is -5.08. The lowest BCUT2D eigenvalue weighted by Crippen LogP contribution is -2.50. The summed E-state index contributed by atoms with van der Waals surface area (Å²) in [6.07, 6.45) is -13.1. The number of alkyl halides is 9. The van der Waals surface area contributed by atoms with E-state index in [0.717, 1.165) is 37.6 Å². The van der Waals surface area contributed by atoms with Crippen LogP contribution in [0.1, 0.15) is 48.7 Å². The number of ether oxygens (including phenoxy) is 1. The third-order valence-electron chi connectivity index (χ3n) is 5.46. The highest BCUT2D eigenvalue weighted by atomic mass is 19.4. The number of methoxy groups -OCH3 is 1. The molecule has 0 aliphatic rings. The van der Waals surface area contributed by atoms with Crippen molar-refractivity contribution in [3.63, 3.8) is 0 Å². The van der Waals surface area contributed by atoms with Gasteiger partial charge in [-0.15, -0.1) is 0 Å². The van der Waals surface area contributed by atoms with Crippen LogP contribution in [-0.2, 0) is 26.7 Å². The number of aliphatic carboxylic acids is 1. The number of hydrogen-bond acceptors (Lipinski definition) is 5. The van der Waals surface area contributed by atoms with Crippen molar-refractivity contribution in [3.05, 3.63) is 65.0 Å². The Morgan fingerprint density at radius 2 is 1.46 bits per heavy atom. The van der Waals surface area contributed by atoms with E-state index in [0.29, 0.717) is 18.6 Å². The fourth-order valence-electron chi connectivity index (χ4n) is 3.17. The number of urea groups is 1. The third-order valence-corrected chi connectivity index (χ3v) is 5.46. The second-order valence-corrected chi connectivity index (χ2v) is 8.29. The fourth-order valence-corrected chi connectivity index (χ4v) is 3.17. The summed E-state index contributed by atoms with van der Waals surface area (Å²) in [4.78, 5) is 37.4. The minimum Gasteiger partial charge on any atom is -0.475 e. The van der Waals surface area contributed by atoms with Gasteiger partial charge < -0.3 is 20.5 Å². The standard InChI is InChI=1S/C22H23F6N3O3.C2HF3O2/c1-4-12(2)16(19(32)34-3)30-20(33)31-17(13-7-9-14(10-8-13)21(23,24)25)18-15(22(26,27)28)6-5-11-29-18;3-2(4,5)1(6)7/h5-12,16-17H,4H2,1-3H3,(H2,30,31,33);(H,6,7)/t12-,16?,17-;/m0./s1. The number of pyridine rings is 1. The van der Waals surface area contributed by atoms with Crippen LogP contribution in [0.2, 0.25) is 0 Å². The number of hydrogen-bond donors (Lipinski definition) is 3. The van der Waals surface area contributed by atoms with Gasteiger partial charge in [-0.25, -0.2) is 14.4 Å². The van der Waals surface area contributed by atoms with Crippen LogP contribution in [0.3, 0.4) is 0 Å². The number of benzene rings is 1.